The van der Waals surface area contributed by atoms with Crippen LogP contribution in [0.25, 0.3) is 0 Å². The number of fused-ring (bicyclic) bond motifs is 2. The number of benzene rings is 1. The number of methoxy groups -OCH3 is 1. The van der Waals surface area contributed by atoms with Gasteiger partial charge in [-0.05, 0) is 18.1 Å². The highest BCUT2D eigenvalue weighted by molar-refractivity contribution is 8.00. The summed E-state index contributed by atoms with van der Waals surface area (Å²) in [5.41, 5.74) is 3.06. The smallest absolute Gasteiger partial charge is 0.268 e. The molecular weight excluding hydrogens is 382 g/mol. The second-order valence-electron chi connectivity index (χ2n) is 6.43. The van der Waals surface area contributed by atoms with E-state index in [1.54, 1.807) is 23.4 Å². The largest absolute Gasteiger partial charge is 0.383 e. The molecule has 3 heterocycles. The third-order valence-corrected chi connectivity index (χ3v) is 6.85. The molecule has 0 unspecified atom stereocenters. The normalized spacial score (nSPS) is 15.1. The van der Waals surface area contributed by atoms with E-state index in [1.165, 1.54) is 17.3 Å². The zero-order chi connectivity index (χ0) is 18.8. The minimum atomic E-state index is -0.0129. The number of carbonyl (C=O) groups is 1. The molecule has 1 aromatic carbocycles. The van der Waals surface area contributed by atoms with Gasteiger partial charge in [-0.1, -0.05) is 30.0 Å². The zero-order valence-corrected chi connectivity index (χ0v) is 16.8. The summed E-state index contributed by atoms with van der Waals surface area (Å²) in [5, 5.41) is 0.610. The van der Waals surface area contributed by atoms with E-state index in [-0.39, 0.29) is 17.2 Å². The number of hydrogen-bond acceptors (Lipinski definition) is 6. The molecule has 0 radical (unpaired) electrons. The van der Waals surface area contributed by atoms with E-state index >= 15 is 0 Å². The van der Waals surface area contributed by atoms with Gasteiger partial charge in [0.1, 0.15) is 0 Å². The lowest BCUT2D eigenvalue weighted by Crippen LogP contribution is -2.31. The second kappa shape index (κ2) is 8.08. The summed E-state index contributed by atoms with van der Waals surface area (Å²) >= 11 is 2.91. The first-order chi connectivity index (χ1) is 13.2. The van der Waals surface area contributed by atoms with Gasteiger partial charge in [-0.2, -0.15) is 0 Å². The van der Waals surface area contributed by atoms with Crippen LogP contribution in [0.15, 0.2) is 39.1 Å². The van der Waals surface area contributed by atoms with Crippen molar-refractivity contribution in [2.75, 3.05) is 36.7 Å². The molecule has 2 aliphatic rings. The average Bonchev–Trinajstić information content (AvgIpc) is 3.32. The van der Waals surface area contributed by atoms with Crippen molar-refractivity contribution in [1.82, 2.24) is 9.55 Å². The van der Waals surface area contributed by atoms with Crippen LogP contribution in [0.1, 0.15) is 11.3 Å². The Kier molecular flexibility index (Phi) is 5.56. The van der Waals surface area contributed by atoms with Crippen LogP contribution in [0.2, 0.25) is 0 Å². The van der Waals surface area contributed by atoms with Crippen LogP contribution in [-0.2, 0) is 28.9 Å². The number of anilines is 1. The predicted molar refractivity (Wildman–Crippen MR) is 108 cm³/mol. The summed E-state index contributed by atoms with van der Waals surface area (Å²) in [6, 6.07) is 8.02. The van der Waals surface area contributed by atoms with E-state index in [4.69, 9.17) is 4.74 Å². The lowest BCUT2D eigenvalue weighted by Gasteiger charge is -2.18. The Bertz CT molecular complexity index is 929. The monoisotopic (exact) mass is 403 g/mol. The van der Waals surface area contributed by atoms with Crippen molar-refractivity contribution in [2.24, 2.45) is 0 Å². The molecule has 6 nitrogen and oxygen atoms in total. The maximum absolute atomic E-state index is 12.8. The van der Waals surface area contributed by atoms with Crippen LogP contribution in [0, 0.1) is 0 Å². The van der Waals surface area contributed by atoms with Gasteiger partial charge in [-0.15, -0.1) is 11.8 Å². The average molecular weight is 404 g/mol. The molecule has 0 spiro atoms. The number of aromatic nitrogens is 2. The van der Waals surface area contributed by atoms with Gasteiger partial charge in [0.05, 0.1) is 29.5 Å². The van der Waals surface area contributed by atoms with Crippen molar-refractivity contribution in [3.05, 3.63) is 45.9 Å². The summed E-state index contributed by atoms with van der Waals surface area (Å²) in [6.07, 6.45) is 1.70. The minimum absolute atomic E-state index is 0.0129. The van der Waals surface area contributed by atoms with E-state index in [1.807, 2.05) is 23.1 Å². The number of amides is 1. The van der Waals surface area contributed by atoms with Crippen molar-refractivity contribution < 1.29 is 9.53 Å². The number of para-hydroxylation sites is 1. The molecule has 27 heavy (non-hydrogen) atoms. The van der Waals surface area contributed by atoms with Crippen LogP contribution in [0.5, 0.6) is 0 Å². The highest BCUT2D eigenvalue weighted by Gasteiger charge is 2.26. The van der Waals surface area contributed by atoms with E-state index in [9.17, 15) is 9.59 Å². The Labute approximate surface area is 166 Å². The first-order valence-corrected chi connectivity index (χ1v) is 10.9. The van der Waals surface area contributed by atoms with Gasteiger partial charge in [0.25, 0.3) is 5.56 Å². The lowest BCUT2D eigenvalue weighted by molar-refractivity contribution is -0.116. The molecule has 142 valence electrons. The van der Waals surface area contributed by atoms with Crippen LogP contribution in [0.4, 0.5) is 5.69 Å². The number of ether oxygens (including phenoxy) is 1. The van der Waals surface area contributed by atoms with E-state index < -0.39 is 0 Å². The Morgan fingerprint density at radius 1 is 1.33 bits per heavy atom. The lowest BCUT2D eigenvalue weighted by atomic mass is 10.2. The number of nitrogens with zero attached hydrogens (tertiary/aromatic N) is 3. The van der Waals surface area contributed by atoms with Crippen molar-refractivity contribution in [3.8, 4) is 0 Å². The molecule has 0 fully saturated rings. The third-order valence-electron chi connectivity index (χ3n) is 4.78. The molecule has 0 atom stereocenters. The molecule has 0 bridgehead atoms. The van der Waals surface area contributed by atoms with E-state index in [0.29, 0.717) is 24.9 Å². The molecule has 2 aromatic rings. The summed E-state index contributed by atoms with van der Waals surface area (Å²) in [5.74, 6) is 1.20. The van der Waals surface area contributed by atoms with Crippen molar-refractivity contribution >= 4 is 35.1 Å². The highest BCUT2D eigenvalue weighted by atomic mass is 32.2. The quantitative estimate of drug-likeness (QED) is 0.544. The fourth-order valence-electron chi connectivity index (χ4n) is 3.42. The van der Waals surface area contributed by atoms with Gasteiger partial charge in [0.15, 0.2) is 5.16 Å². The Balaban J connectivity index is 1.53. The van der Waals surface area contributed by atoms with Crippen LogP contribution in [-0.4, -0.2) is 47.2 Å². The second-order valence-corrected chi connectivity index (χ2v) is 8.48. The van der Waals surface area contributed by atoms with Gasteiger partial charge < -0.3 is 9.64 Å². The Morgan fingerprint density at radius 3 is 3.04 bits per heavy atom. The van der Waals surface area contributed by atoms with Crippen molar-refractivity contribution in [2.45, 2.75) is 29.4 Å². The SMILES string of the molecule is COCCn1c(SCC(=O)N2CCc3ccccc32)nc2c(c1=O)SCC2. The summed E-state index contributed by atoms with van der Waals surface area (Å²) in [7, 11) is 1.61. The number of rotatable bonds is 6. The van der Waals surface area contributed by atoms with Crippen LogP contribution < -0.4 is 10.5 Å². The fraction of sp³-hybridized carbons (Fsp3) is 0.421. The van der Waals surface area contributed by atoms with Gasteiger partial charge >= 0.3 is 0 Å². The minimum Gasteiger partial charge on any atom is -0.383 e. The highest BCUT2D eigenvalue weighted by Crippen LogP contribution is 2.30. The van der Waals surface area contributed by atoms with Gasteiger partial charge in [0.2, 0.25) is 5.91 Å². The number of thioether (sulfide) groups is 2. The van der Waals surface area contributed by atoms with Crippen molar-refractivity contribution in [1.29, 1.82) is 0 Å². The fourth-order valence-corrected chi connectivity index (χ4v) is 5.38. The molecule has 4 rings (SSSR count). The van der Waals surface area contributed by atoms with Crippen LogP contribution in [0.3, 0.4) is 0 Å². The summed E-state index contributed by atoms with van der Waals surface area (Å²) in [4.78, 5) is 32.8. The molecule has 2 aliphatic heterocycles. The van der Waals surface area contributed by atoms with E-state index in [2.05, 4.69) is 11.1 Å². The maximum Gasteiger partial charge on any atom is 0.268 e. The first kappa shape index (κ1) is 18.6. The van der Waals surface area contributed by atoms with Gasteiger partial charge in [-0.25, -0.2) is 4.98 Å². The first-order valence-electron chi connectivity index (χ1n) is 8.95. The standard InChI is InChI=1S/C19H21N3O3S2/c1-25-10-9-22-18(24)17-14(7-11-26-17)20-19(22)27-12-16(23)21-8-6-13-4-2-3-5-15(13)21/h2-5H,6-12H2,1H3. The molecule has 0 saturated carbocycles. The summed E-state index contributed by atoms with van der Waals surface area (Å²) < 4.78 is 6.79. The van der Waals surface area contributed by atoms with Crippen molar-refractivity contribution in [3.63, 3.8) is 0 Å². The molecule has 8 heteroatoms. The predicted octanol–water partition coefficient (Wildman–Crippen LogP) is 2.22. The topological polar surface area (TPSA) is 64.4 Å². The molecule has 1 amide bonds. The molecular formula is C19H21N3O3S2. The number of carbonyl (C=O) groups excluding carboxylic acids is 1. The van der Waals surface area contributed by atoms with Crippen LogP contribution >= 0.6 is 23.5 Å². The number of hydrogen-bond donors (Lipinski definition) is 0. The Morgan fingerprint density at radius 2 is 2.19 bits per heavy atom. The maximum atomic E-state index is 12.8. The summed E-state index contributed by atoms with van der Waals surface area (Å²) in [6.45, 7) is 1.59. The Hall–Kier alpha value is -1.77. The van der Waals surface area contributed by atoms with E-state index in [0.717, 1.165) is 34.9 Å². The zero-order valence-electron chi connectivity index (χ0n) is 15.1. The molecule has 0 N–H and O–H groups in total. The number of aryl methyl sites for hydroxylation is 1. The van der Waals surface area contributed by atoms with Gasteiger partial charge in [-0.3, -0.25) is 14.2 Å². The molecule has 0 saturated heterocycles. The van der Waals surface area contributed by atoms with Gasteiger partial charge in [0, 0.05) is 31.5 Å². The third kappa shape index (κ3) is 3.66. The molecule has 1 aromatic heterocycles. The molecule has 0 aliphatic carbocycles.